The third kappa shape index (κ3) is 1.82. The molecule has 68 valence electrons. The molecular weight excluding hydrogens is 152 g/mol. The highest BCUT2D eigenvalue weighted by molar-refractivity contribution is 5.91. The van der Waals surface area contributed by atoms with Crippen LogP contribution in [0.5, 0.6) is 0 Å². The zero-order chi connectivity index (χ0) is 9.14. The average molecular weight is 168 g/mol. The van der Waals surface area contributed by atoms with E-state index in [1.807, 2.05) is 0 Å². The fourth-order valence-corrected chi connectivity index (χ4v) is 1.32. The van der Waals surface area contributed by atoms with E-state index in [-0.39, 0.29) is 0 Å². The van der Waals surface area contributed by atoms with E-state index < -0.39 is 0 Å². The highest BCUT2D eigenvalue weighted by atomic mass is 15.3. The van der Waals surface area contributed by atoms with Gasteiger partial charge >= 0.3 is 0 Å². The van der Waals surface area contributed by atoms with Gasteiger partial charge in [-0.25, -0.2) is 0 Å². The number of nitrogens with one attached hydrogen (secondary N) is 2. The van der Waals surface area contributed by atoms with Crippen molar-refractivity contribution in [2.75, 3.05) is 19.6 Å². The average Bonchev–Trinajstić information content (AvgIpc) is 2.04. The smallest absolute Gasteiger partial charge is 0.115 e. The van der Waals surface area contributed by atoms with Gasteiger partial charge in [0.05, 0.1) is 12.9 Å². The lowest BCUT2D eigenvalue weighted by atomic mass is 10.2. The first kappa shape index (κ1) is 9.19. The molecule has 2 N–H and O–H groups in total. The molecule has 0 spiro atoms. The maximum Gasteiger partial charge on any atom is 0.115 e. The van der Waals surface area contributed by atoms with Crippen LogP contribution in [0.25, 0.3) is 0 Å². The van der Waals surface area contributed by atoms with Crippen molar-refractivity contribution in [3.05, 3.63) is 0 Å². The van der Waals surface area contributed by atoms with Gasteiger partial charge < -0.3 is 4.90 Å². The molecule has 1 rings (SSSR count). The molecule has 4 heteroatoms. The van der Waals surface area contributed by atoms with Gasteiger partial charge in [0.2, 0.25) is 0 Å². The molecule has 1 saturated heterocycles. The zero-order valence-corrected chi connectivity index (χ0v) is 7.67. The Morgan fingerprint density at radius 2 is 2.08 bits per heavy atom. The van der Waals surface area contributed by atoms with Gasteiger partial charge in [-0.2, -0.15) is 0 Å². The summed E-state index contributed by atoms with van der Waals surface area (Å²) in [7, 11) is 0. The Morgan fingerprint density at radius 3 is 2.50 bits per heavy atom. The topological polar surface area (TPSA) is 54.2 Å². The van der Waals surface area contributed by atoms with Crippen molar-refractivity contribution in [2.45, 2.75) is 19.9 Å². The molecule has 1 aliphatic heterocycles. The second-order valence-corrected chi connectivity index (χ2v) is 3.33. The molecule has 4 nitrogen and oxygen atoms in total. The van der Waals surface area contributed by atoms with Crippen LogP contribution in [0.1, 0.15) is 13.8 Å². The quantitative estimate of drug-likeness (QED) is 0.468. The fraction of sp³-hybridized carbons (Fsp3) is 0.750. The highest BCUT2D eigenvalue weighted by Gasteiger charge is 2.20. The minimum Gasteiger partial charge on any atom is -0.319 e. The predicted molar refractivity (Wildman–Crippen MR) is 49.9 cm³/mol. The van der Waals surface area contributed by atoms with Crippen LogP contribution in [0, 0.1) is 10.8 Å². The van der Waals surface area contributed by atoms with E-state index in [1.165, 1.54) is 6.34 Å². The van der Waals surface area contributed by atoms with E-state index >= 15 is 0 Å². The monoisotopic (exact) mass is 168 g/mol. The SMILES string of the molecule is CC(C)N1CCN(C=N)C(=N)C1. The first-order valence-corrected chi connectivity index (χ1v) is 4.24. The van der Waals surface area contributed by atoms with Crippen LogP contribution >= 0.6 is 0 Å². The summed E-state index contributed by atoms with van der Waals surface area (Å²) in [5.41, 5.74) is 0. The Morgan fingerprint density at radius 1 is 1.42 bits per heavy atom. The third-order valence-corrected chi connectivity index (χ3v) is 2.21. The number of hydrogen-bond acceptors (Lipinski definition) is 3. The molecule has 0 aromatic rings. The van der Waals surface area contributed by atoms with Crippen molar-refractivity contribution in [2.24, 2.45) is 0 Å². The fourth-order valence-electron chi connectivity index (χ4n) is 1.32. The van der Waals surface area contributed by atoms with E-state index in [4.69, 9.17) is 10.8 Å². The zero-order valence-electron chi connectivity index (χ0n) is 7.67. The minimum atomic E-state index is 0.498. The van der Waals surface area contributed by atoms with Crippen LogP contribution in [0.4, 0.5) is 0 Å². The Hall–Kier alpha value is -0.900. The predicted octanol–water partition coefficient (Wildman–Crippen LogP) is 0.597. The summed E-state index contributed by atoms with van der Waals surface area (Å²) < 4.78 is 0. The van der Waals surface area contributed by atoms with Gasteiger partial charge in [-0.05, 0) is 13.8 Å². The Bertz CT molecular complexity index is 187. The molecule has 1 aliphatic rings. The van der Waals surface area contributed by atoms with E-state index in [9.17, 15) is 0 Å². The van der Waals surface area contributed by atoms with E-state index in [1.54, 1.807) is 4.90 Å². The molecule has 12 heavy (non-hydrogen) atoms. The van der Waals surface area contributed by atoms with Crippen molar-refractivity contribution >= 4 is 12.2 Å². The van der Waals surface area contributed by atoms with Gasteiger partial charge in [0.15, 0.2) is 0 Å². The summed E-state index contributed by atoms with van der Waals surface area (Å²) in [6.07, 6.45) is 1.24. The maximum absolute atomic E-state index is 7.60. The van der Waals surface area contributed by atoms with Crippen LogP contribution in [-0.4, -0.2) is 47.7 Å². The second kappa shape index (κ2) is 3.67. The Balaban J connectivity index is 2.51. The molecule has 1 fully saturated rings. The third-order valence-electron chi connectivity index (χ3n) is 2.21. The number of piperazine rings is 1. The molecule has 0 amide bonds. The molecule has 0 bridgehead atoms. The van der Waals surface area contributed by atoms with Gasteiger partial charge in [-0.15, -0.1) is 0 Å². The van der Waals surface area contributed by atoms with Crippen LogP contribution in [-0.2, 0) is 0 Å². The minimum absolute atomic E-state index is 0.498. The normalized spacial score (nSPS) is 20.2. The summed E-state index contributed by atoms with van der Waals surface area (Å²) in [6.45, 7) is 6.67. The van der Waals surface area contributed by atoms with Crippen molar-refractivity contribution in [3.8, 4) is 0 Å². The van der Waals surface area contributed by atoms with Crippen molar-refractivity contribution in [1.82, 2.24) is 9.80 Å². The molecule has 0 aliphatic carbocycles. The Labute approximate surface area is 73.2 Å². The summed E-state index contributed by atoms with van der Waals surface area (Å²) in [5, 5.41) is 14.6. The van der Waals surface area contributed by atoms with Gasteiger partial charge in [0, 0.05) is 19.1 Å². The Kier molecular flexibility index (Phi) is 2.81. The van der Waals surface area contributed by atoms with Gasteiger partial charge in [0.1, 0.15) is 5.84 Å². The van der Waals surface area contributed by atoms with Crippen molar-refractivity contribution in [1.29, 1.82) is 10.8 Å². The van der Waals surface area contributed by atoms with Crippen LogP contribution in [0.15, 0.2) is 0 Å². The van der Waals surface area contributed by atoms with Gasteiger partial charge in [-0.3, -0.25) is 15.7 Å². The first-order valence-electron chi connectivity index (χ1n) is 4.24. The number of amidine groups is 1. The van der Waals surface area contributed by atoms with Crippen molar-refractivity contribution < 1.29 is 0 Å². The van der Waals surface area contributed by atoms with Gasteiger partial charge in [0.25, 0.3) is 0 Å². The first-order chi connectivity index (χ1) is 5.65. The molecular formula is C8H16N4. The van der Waals surface area contributed by atoms with Crippen molar-refractivity contribution in [3.63, 3.8) is 0 Å². The molecule has 0 atom stereocenters. The number of nitrogens with zero attached hydrogens (tertiary/aromatic N) is 2. The van der Waals surface area contributed by atoms with Crippen LogP contribution in [0.3, 0.4) is 0 Å². The number of hydrogen-bond donors (Lipinski definition) is 2. The van der Waals surface area contributed by atoms with Crippen LogP contribution in [0.2, 0.25) is 0 Å². The summed E-state index contributed by atoms with van der Waals surface area (Å²) in [5.74, 6) is 0.532. The van der Waals surface area contributed by atoms with Crippen LogP contribution < -0.4 is 0 Å². The van der Waals surface area contributed by atoms with E-state index in [2.05, 4.69) is 18.7 Å². The molecule has 0 aromatic carbocycles. The standard InChI is InChI=1S/C8H16N4/c1-7(2)11-3-4-12(6-9)8(10)5-11/h6-7,9-10H,3-5H2,1-2H3. The maximum atomic E-state index is 7.60. The number of rotatable bonds is 2. The highest BCUT2D eigenvalue weighted by Crippen LogP contribution is 2.05. The molecule has 1 heterocycles. The lowest BCUT2D eigenvalue weighted by molar-refractivity contribution is 0.217. The summed E-state index contributed by atoms with van der Waals surface area (Å²) >= 11 is 0. The van der Waals surface area contributed by atoms with E-state index in [0.29, 0.717) is 18.4 Å². The van der Waals surface area contributed by atoms with E-state index in [0.717, 1.165) is 13.1 Å². The molecule has 0 saturated carbocycles. The van der Waals surface area contributed by atoms with Gasteiger partial charge in [-0.1, -0.05) is 0 Å². The molecule has 0 radical (unpaired) electrons. The lowest BCUT2D eigenvalue weighted by Crippen LogP contribution is -2.51. The lowest BCUT2D eigenvalue weighted by Gasteiger charge is -2.35. The molecule has 0 aromatic heterocycles. The molecule has 0 unspecified atom stereocenters. The largest absolute Gasteiger partial charge is 0.319 e. The second-order valence-electron chi connectivity index (χ2n) is 3.33. The summed E-state index contributed by atoms with van der Waals surface area (Å²) in [6, 6.07) is 0.498. The summed E-state index contributed by atoms with van der Waals surface area (Å²) in [4.78, 5) is 3.92.